The van der Waals surface area contributed by atoms with Crippen LogP contribution in [0.15, 0.2) is 28.2 Å². The fourth-order valence-electron chi connectivity index (χ4n) is 2.19. The van der Waals surface area contributed by atoms with Crippen LogP contribution in [0.1, 0.15) is 11.1 Å². The maximum absolute atomic E-state index is 5.99. The summed E-state index contributed by atoms with van der Waals surface area (Å²) in [5.41, 5.74) is 9.54. The van der Waals surface area contributed by atoms with E-state index < -0.39 is 0 Å². The average molecular weight is 310 g/mol. The Labute approximate surface area is 112 Å². The predicted molar refractivity (Wildman–Crippen MR) is 75.4 cm³/mol. The van der Waals surface area contributed by atoms with Gasteiger partial charge in [-0.1, -0.05) is 12.1 Å². The van der Waals surface area contributed by atoms with Crippen molar-refractivity contribution in [1.82, 2.24) is 4.98 Å². The molecule has 0 atom stereocenters. The van der Waals surface area contributed by atoms with Crippen LogP contribution >= 0.6 is 27.3 Å². The smallest absolute Gasteiger partial charge is 0.186 e. The summed E-state index contributed by atoms with van der Waals surface area (Å²) in [6.45, 7) is 1.89. The Kier molecular flexibility index (Phi) is 2.80. The van der Waals surface area contributed by atoms with E-state index in [0.717, 1.165) is 34.9 Å². The molecule has 0 saturated carbocycles. The summed E-state index contributed by atoms with van der Waals surface area (Å²) in [6.07, 6.45) is 0.999. The molecule has 88 valence electrons. The van der Waals surface area contributed by atoms with Gasteiger partial charge in [0, 0.05) is 24.2 Å². The van der Waals surface area contributed by atoms with E-state index in [-0.39, 0.29) is 0 Å². The molecule has 0 saturated heterocycles. The highest BCUT2D eigenvalue weighted by Gasteiger charge is 2.19. The third-order valence-corrected chi connectivity index (χ3v) is 4.65. The largest absolute Gasteiger partial charge is 0.398 e. The molecule has 0 unspecified atom stereocenters. The summed E-state index contributed by atoms with van der Waals surface area (Å²) in [5, 5.41) is 3.09. The summed E-state index contributed by atoms with van der Waals surface area (Å²) in [5.74, 6) is 0. The van der Waals surface area contributed by atoms with Gasteiger partial charge in [0.1, 0.15) is 4.60 Å². The molecule has 0 radical (unpaired) electrons. The molecule has 5 heteroatoms. The molecule has 3 rings (SSSR count). The number of thiazole rings is 1. The highest BCUT2D eigenvalue weighted by molar-refractivity contribution is 9.10. The lowest BCUT2D eigenvalue weighted by atomic mass is 9.98. The van der Waals surface area contributed by atoms with Crippen molar-refractivity contribution in [2.75, 3.05) is 17.2 Å². The first kappa shape index (κ1) is 11.0. The number of fused-ring (bicyclic) bond motifs is 1. The van der Waals surface area contributed by atoms with Gasteiger partial charge in [-0.2, -0.15) is 0 Å². The fraction of sp³-hybridized carbons (Fsp3) is 0.250. The van der Waals surface area contributed by atoms with Gasteiger partial charge in [-0.05, 0) is 39.5 Å². The van der Waals surface area contributed by atoms with Crippen molar-refractivity contribution in [3.05, 3.63) is 39.3 Å². The van der Waals surface area contributed by atoms with E-state index in [4.69, 9.17) is 5.73 Å². The number of halogens is 1. The van der Waals surface area contributed by atoms with E-state index in [1.807, 2.05) is 17.5 Å². The monoisotopic (exact) mass is 309 g/mol. The summed E-state index contributed by atoms with van der Waals surface area (Å²) in [6, 6.07) is 6.16. The minimum absolute atomic E-state index is 0.903. The summed E-state index contributed by atoms with van der Waals surface area (Å²) in [7, 11) is 0. The second-order valence-electron chi connectivity index (χ2n) is 4.11. The molecule has 3 nitrogen and oxygen atoms in total. The normalized spacial score (nSPS) is 14.8. The van der Waals surface area contributed by atoms with Crippen molar-refractivity contribution < 1.29 is 0 Å². The van der Waals surface area contributed by atoms with Crippen LogP contribution in [-0.2, 0) is 13.0 Å². The Morgan fingerprint density at radius 2 is 2.29 bits per heavy atom. The van der Waals surface area contributed by atoms with E-state index in [9.17, 15) is 0 Å². The van der Waals surface area contributed by atoms with Crippen LogP contribution in [0.5, 0.6) is 0 Å². The summed E-state index contributed by atoms with van der Waals surface area (Å²) in [4.78, 5) is 6.76. The average Bonchev–Trinajstić information content (AvgIpc) is 2.76. The first-order valence-corrected chi connectivity index (χ1v) is 7.13. The molecule has 1 aliphatic rings. The van der Waals surface area contributed by atoms with Crippen molar-refractivity contribution in [2.45, 2.75) is 13.0 Å². The Hall–Kier alpha value is -1.07. The number of hydrogen-bond donors (Lipinski definition) is 1. The Bertz CT molecular complexity index is 552. The second-order valence-corrected chi connectivity index (χ2v) is 5.76. The topological polar surface area (TPSA) is 42.1 Å². The standard InChI is InChI=1S/C12H12BrN3S/c13-11-7-17-12(15-11)16-5-4-9-8(6-16)2-1-3-10(9)14/h1-3,7H,4-6,14H2. The lowest BCUT2D eigenvalue weighted by Crippen LogP contribution is -2.30. The summed E-state index contributed by atoms with van der Waals surface area (Å²) >= 11 is 5.07. The highest BCUT2D eigenvalue weighted by Crippen LogP contribution is 2.30. The Morgan fingerprint density at radius 3 is 3.06 bits per heavy atom. The van der Waals surface area contributed by atoms with Gasteiger partial charge >= 0.3 is 0 Å². The van der Waals surface area contributed by atoms with E-state index in [0.29, 0.717) is 0 Å². The van der Waals surface area contributed by atoms with Crippen LogP contribution in [-0.4, -0.2) is 11.5 Å². The zero-order chi connectivity index (χ0) is 11.8. The third-order valence-electron chi connectivity index (χ3n) is 3.04. The molecule has 0 spiro atoms. The molecule has 1 aromatic carbocycles. The molecule has 0 fully saturated rings. The Morgan fingerprint density at radius 1 is 1.41 bits per heavy atom. The van der Waals surface area contributed by atoms with Gasteiger partial charge < -0.3 is 10.6 Å². The van der Waals surface area contributed by atoms with Crippen LogP contribution in [0.2, 0.25) is 0 Å². The van der Waals surface area contributed by atoms with Gasteiger partial charge in [-0.15, -0.1) is 11.3 Å². The molecule has 2 N–H and O–H groups in total. The van der Waals surface area contributed by atoms with Crippen LogP contribution < -0.4 is 10.6 Å². The van der Waals surface area contributed by atoms with Crippen molar-refractivity contribution in [3.63, 3.8) is 0 Å². The number of benzene rings is 1. The minimum atomic E-state index is 0.903. The first-order valence-electron chi connectivity index (χ1n) is 5.46. The van der Waals surface area contributed by atoms with Crippen molar-refractivity contribution in [2.24, 2.45) is 0 Å². The maximum atomic E-state index is 5.99. The SMILES string of the molecule is Nc1cccc2c1CCN(c1nc(Br)cs1)C2. The number of aromatic nitrogens is 1. The van der Waals surface area contributed by atoms with Gasteiger partial charge in [0.15, 0.2) is 5.13 Å². The molecule has 17 heavy (non-hydrogen) atoms. The van der Waals surface area contributed by atoms with Gasteiger partial charge in [-0.3, -0.25) is 0 Å². The van der Waals surface area contributed by atoms with Crippen molar-refractivity contribution >= 4 is 38.1 Å². The predicted octanol–water partition coefficient (Wildman–Crippen LogP) is 3.05. The number of nitrogens with two attached hydrogens (primary N) is 1. The van der Waals surface area contributed by atoms with E-state index in [2.05, 4.69) is 31.9 Å². The summed E-state index contributed by atoms with van der Waals surface area (Å²) < 4.78 is 0.913. The molecule has 0 bridgehead atoms. The fourth-order valence-corrected chi connectivity index (χ4v) is 3.47. The van der Waals surface area contributed by atoms with Gasteiger partial charge in [0.2, 0.25) is 0 Å². The van der Waals surface area contributed by atoms with Gasteiger partial charge in [0.25, 0.3) is 0 Å². The maximum Gasteiger partial charge on any atom is 0.186 e. The van der Waals surface area contributed by atoms with E-state index >= 15 is 0 Å². The van der Waals surface area contributed by atoms with Gasteiger partial charge in [0.05, 0.1) is 0 Å². The van der Waals surface area contributed by atoms with Crippen molar-refractivity contribution in [1.29, 1.82) is 0 Å². The molecule has 2 aromatic rings. The zero-order valence-electron chi connectivity index (χ0n) is 9.19. The molecular formula is C12H12BrN3S. The highest BCUT2D eigenvalue weighted by atomic mass is 79.9. The van der Waals surface area contributed by atoms with Crippen LogP contribution in [0, 0.1) is 0 Å². The van der Waals surface area contributed by atoms with Crippen LogP contribution in [0.4, 0.5) is 10.8 Å². The van der Waals surface area contributed by atoms with Gasteiger partial charge in [-0.25, -0.2) is 4.98 Å². The quantitative estimate of drug-likeness (QED) is 0.823. The van der Waals surface area contributed by atoms with Crippen LogP contribution in [0.25, 0.3) is 0 Å². The number of rotatable bonds is 1. The molecule has 2 heterocycles. The van der Waals surface area contributed by atoms with Crippen molar-refractivity contribution in [3.8, 4) is 0 Å². The number of nitrogens with zero attached hydrogens (tertiary/aromatic N) is 2. The minimum Gasteiger partial charge on any atom is -0.398 e. The lowest BCUT2D eigenvalue weighted by Gasteiger charge is -2.29. The number of hydrogen-bond acceptors (Lipinski definition) is 4. The molecular weight excluding hydrogens is 298 g/mol. The molecule has 0 amide bonds. The number of anilines is 2. The van der Waals surface area contributed by atoms with E-state index in [1.54, 1.807) is 11.3 Å². The molecule has 0 aliphatic carbocycles. The van der Waals surface area contributed by atoms with E-state index in [1.165, 1.54) is 11.1 Å². The lowest BCUT2D eigenvalue weighted by molar-refractivity contribution is 0.730. The van der Waals surface area contributed by atoms with Crippen LogP contribution in [0.3, 0.4) is 0 Å². The number of nitrogen functional groups attached to an aromatic ring is 1. The second kappa shape index (κ2) is 4.31. The molecule has 1 aromatic heterocycles. The molecule has 1 aliphatic heterocycles. The third kappa shape index (κ3) is 2.05. The Balaban J connectivity index is 1.90. The zero-order valence-corrected chi connectivity index (χ0v) is 11.6. The first-order chi connectivity index (χ1) is 8.24.